The highest BCUT2D eigenvalue weighted by molar-refractivity contribution is 6.10. The molecule has 0 bridgehead atoms. The third-order valence-corrected chi connectivity index (χ3v) is 13.1. The number of rotatable bonds is 5. The number of para-hydroxylation sites is 1. The number of benzene rings is 9. The zero-order chi connectivity index (χ0) is 40.8. The Kier molecular flexibility index (Phi) is 7.49. The molecule has 0 aliphatic heterocycles. The molecule has 0 unspecified atom stereocenters. The van der Waals surface area contributed by atoms with E-state index in [4.69, 9.17) is 15.0 Å². The lowest BCUT2D eigenvalue weighted by molar-refractivity contribution is 0.794. The Balaban J connectivity index is 0.962. The van der Waals surface area contributed by atoms with Crippen molar-refractivity contribution in [2.24, 2.45) is 0 Å². The molecule has 0 saturated heterocycles. The molecule has 0 radical (unpaired) electrons. The van der Waals surface area contributed by atoms with E-state index in [0.717, 1.165) is 33.4 Å². The molecule has 4 heteroatoms. The molecule has 4 nitrogen and oxygen atoms in total. The van der Waals surface area contributed by atoms with Gasteiger partial charge >= 0.3 is 0 Å². The maximum atomic E-state index is 5.05. The molecule has 0 atom stereocenters. The van der Waals surface area contributed by atoms with Crippen LogP contribution in [0.25, 0.3) is 95.0 Å². The number of fused-ring (bicyclic) bond motifs is 13. The Morgan fingerprint density at radius 1 is 0.290 bits per heavy atom. The van der Waals surface area contributed by atoms with Crippen LogP contribution in [0.2, 0.25) is 0 Å². The molecule has 62 heavy (non-hydrogen) atoms. The van der Waals surface area contributed by atoms with Crippen molar-refractivity contribution in [3.63, 3.8) is 0 Å². The zero-order valence-electron chi connectivity index (χ0n) is 33.6. The van der Waals surface area contributed by atoms with Crippen LogP contribution in [0.15, 0.2) is 218 Å². The van der Waals surface area contributed by atoms with Crippen LogP contribution in [0.3, 0.4) is 0 Å². The van der Waals surface area contributed by atoms with Crippen molar-refractivity contribution < 1.29 is 0 Å². The molecule has 2 aromatic heterocycles. The summed E-state index contributed by atoms with van der Waals surface area (Å²) in [5, 5.41) is 2.41. The predicted octanol–water partition coefficient (Wildman–Crippen LogP) is 14.0. The average molecular weight is 789 g/mol. The normalized spacial score (nSPS) is 13.0. The van der Waals surface area contributed by atoms with Gasteiger partial charge in [-0.2, -0.15) is 0 Å². The molecular weight excluding hydrogens is 753 g/mol. The largest absolute Gasteiger partial charge is 0.309 e. The van der Waals surface area contributed by atoms with Crippen molar-refractivity contribution in [1.29, 1.82) is 0 Å². The van der Waals surface area contributed by atoms with Crippen LogP contribution in [0.1, 0.15) is 22.3 Å². The van der Waals surface area contributed by atoms with E-state index < -0.39 is 0 Å². The first-order valence-corrected chi connectivity index (χ1v) is 21.2. The van der Waals surface area contributed by atoms with Crippen LogP contribution in [0, 0.1) is 0 Å². The highest BCUT2D eigenvalue weighted by atomic mass is 15.0. The second-order valence-corrected chi connectivity index (χ2v) is 16.3. The highest BCUT2D eigenvalue weighted by Crippen LogP contribution is 2.63. The first-order valence-electron chi connectivity index (χ1n) is 21.2. The Bertz CT molecular complexity index is 3460. The van der Waals surface area contributed by atoms with Gasteiger partial charge in [-0.15, -0.1) is 0 Å². The maximum absolute atomic E-state index is 5.05. The second-order valence-electron chi connectivity index (χ2n) is 16.3. The highest BCUT2D eigenvalue weighted by Gasteiger charge is 2.51. The van der Waals surface area contributed by atoms with E-state index in [1.807, 2.05) is 60.7 Å². The number of hydrogen-bond donors (Lipinski definition) is 0. The minimum absolute atomic E-state index is 0.386. The molecule has 2 heterocycles. The predicted molar refractivity (Wildman–Crippen MR) is 252 cm³/mol. The molecule has 2 aliphatic carbocycles. The molecule has 0 N–H and O–H groups in total. The van der Waals surface area contributed by atoms with Gasteiger partial charge in [-0.1, -0.05) is 182 Å². The molecule has 0 amide bonds. The van der Waals surface area contributed by atoms with E-state index in [2.05, 4.69) is 162 Å². The van der Waals surface area contributed by atoms with E-state index in [9.17, 15) is 0 Å². The summed E-state index contributed by atoms with van der Waals surface area (Å²) < 4.78 is 2.37. The van der Waals surface area contributed by atoms with E-state index in [-0.39, 0.29) is 5.41 Å². The quantitative estimate of drug-likeness (QED) is 0.174. The fourth-order valence-electron chi connectivity index (χ4n) is 10.4. The number of hydrogen-bond acceptors (Lipinski definition) is 3. The average Bonchev–Trinajstić information content (AvgIpc) is 3.96. The summed E-state index contributed by atoms with van der Waals surface area (Å²) in [5.74, 6) is 1.92. The summed E-state index contributed by atoms with van der Waals surface area (Å²) in [5.41, 5.74) is 18.8. The number of nitrogens with zero attached hydrogens (tertiary/aromatic N) is 4. The van der Waals surface area contributed by atoms with Gasteiger partial charge in [0.25, 0.3) is 0 Å². The lowest BCUT2D eigenvalue weighted by Crippen LogP contribution is -2.25. The fourth-order valence-corrected chi connectivity index (χ4v) is 10.4. The van der Waals surface area contributed by atoms with Crippen LogP contribution >= 0.6 is 0 Å². The fraction of sp³-hybridized carbons (Fsp3) is 0.0172. The van der Waals surface area contributed by atoms with E-state index in [1.165, 1.54) is 66.4 Å². The van der Waals surface area contributed by atoms with Gasteiger partial charge in [-0.3, -0.25) is 0 Å². The molecule has 0 fully saturated rings. The summed E-state index contributed by atoms with van der Waals surface area (Å²) in [7, 11) is 0. The molecular formula is C58H36N4. The molecule has 288 valence electrons. The lowest BCUT2D eigenvalue weighted by Gasteiger charge is -2.30. The Morgan fingerprint density at radius 3 is 1.39 bits per heavy atom. The first-order chi connectivity index (χ1) is 30.7. The van der Waals surface area contributed by atoms with Crippen molar-refractivity contribution >= 4 is 21.8 Å². The smallest absolute Gasteiger partial charge is 0.164 e. The van der Waals surface area contributed by atoms with Crippen LogP contribution in [0.4, 0.5) is 0 Å². The molecule has 13 rings (SSSR count). The van der Waals surface area contributed by atoms with Gasteiger partial charge in [0.2, 0.25) is 0 Å². The van der Waals surface area contributed by atoms with Crippen LogP contribution < -0.4 is 0 Å². The van der Waals surface area contributed by atoms with Gasteiger partial charge in [-0.05, 0) is 92.0 Å². The van der Waals surface area contributed by atoms with Crippen molar-refractivity contribution in [3.05, 3.63) is 241 Å². The van der Waals surface area contributed by atoms with Crippen LogP contribution in [0.5, 0.6) is 0 Å². The van der Waals surface area contributed by atoms with Crippen LogP contribution in [-0.2, 0) is 5.41 Å². The van der Waals surface area contributed by atoms with Gasteiger partial charge < -0.3 is 4.57 Å². The van der Waals surface area contributed by atoms with E-state index >= 15 is 0 Å². The molecule has 1 spiro atoms. The maximum Gasteiger partial charge on any atom is 0.164 e. The van der Waals surface area contributed by atoms with Gasteiger partial charge in [0.15, 0.2) is 17.5 Å². The first kappa shape index (κ1) is 34.6. The van der Waals surface area contributed by atoms with Gasteiger partial charge in [-0.25, -0.2) is 15.0 Å². The van der Waals surface area contributed by atoms with Gasteiger partial charge in [0.05, 0.1) is 16.4 Å². The SMILES string of the molecule is c1ccc(-c2nc(-c3ccccc3)nc(-c3cccc(-n4c5ccccc5c5cc(-c6ccc7c(c6)C6(c8ccccc8-c8ccccc86)c6ccccc6-7)ccc54)c3)n2)cc1. The van der Waals surface area contributed by atoms with Gasteiger partial charge in [0.1, 0.15) is 0 Å². The van der Waals surface area contributed by atoms with E-state index in [1.54, 1.807) is 0 Å². The van der Waals surface area contributed by atoms with Gasteiger partial charge in [0, 0.05) is 33.2 Å². The minimum Gasteiger partial charge on any atom is -0.309 e. The molecule has 0 saturated carbocycles. The van der Waals surface area contributed by atoms with E-state index in [0.29, 0.717) is 17.5 Å². The zero-order valence-corrected chi connectivity index (χ0v) is 33.6. The Labute approximate surface area is 359 Å². The number of aromatic nitrogens is 4. The lowest BCUT2D eigenvalue weighted by atomic mass is 9.70. The third-order valence-electron chi connectivity index (χ3n) is 13.1. The minimum atomic E-state index is -0.386. The van der Waals surface area contributed by atoms with Crippen molar-refractivity contribution in [2.75, 3.05) is 0 Å². The summed E-state index contributed by atoms with van der Waals surface area (Å²) in [6, 6.07) is 78.7. The Hall–Kier alpha value is -8.21. The third kappa shape index (κ3) is 4.98. The standard InChI is InChI=1S/C58H36N4/c1-3-16-37(17-4-1)55-59-56(38-18-5-2-6-19-38)61-57(60-55)41-20-15-21-42(34-41)62-53-29-14-10-25-47(53)48-35-39(31-33-54(48)62)40-30-32-46-45-24-9-13-28-51(45)58(52(46)36-40)49-26-11-7-22-43(49)44-23-8-12-27-50(44)58/h1-36H. The van der Waals surface area contributed by atoms with Crippen LogP contribution in [-0.4, -0.2) is 19.5 Å². The molecule has 11 aromatic rings. The van der Waals surface area contributed by atoms with Crippen molar-refractivity contribution in [1.82, 2.24) is 19.5 Å². The topological polar surface area (TPSA) is 43.6 Å². The summed E-state index contributed by atoms with van der Waals surface area (Å²) in [6.45, 7) is 0. The molecule has 9 aromatic carbocycles. The second kappa shape index (κ2) is 13.4. The van der Waals surface area contributed by atoms with Crippen molar-refractivity contribution in [3.8, 4) is 73.2 Å². The summed E-state index contributed by atoms with van der Waals surface area (Å²) in [6.07, 6.45) is 0. The summed E-state index contributed by atoms with van der Waals surface area (Å²) in [4.78, 5) is 15.0. The Morgan fingerprint density at radius 2 is 0.758 bits per heavy atom. The summed E-state index contributed by atoms with van der Waals surface area (Å²) >= 11 is 0. The monoisotopic (exact) mass is 788 g/mol. The van der Waals surface area contributed by atoms with Crippen molar-refractivity contribution in [2.45, 2.75) is 5.41 Å². The molecule has 2 aliphatic rings.